The molecule has 144 valence electrons. The second-order valence-corrected chi connectivity index (χ2v) is 7.44. The molecule has 1 aromatic carbocycles. The van der Waals surface area contributed by atoms with E-state index in [4.69, 9.17) is 0 Å². The van der Waals surface area contributed by atoms with E-state index in [1.54, 1.807) is 16.9 Å². The Hall–Kier alpha value is -2.25. The molecule has 6 nitrogen and oxygen atoms in total. The molecule has 0 N–H and O–H groups in total. The van der Waals surface area contributed by atoms with Gasteiger partial charge in [-0.25, -0.2) is 4.39 Å². The van der Waals surface area contributed by atoms with Crippen LogP contribution in [0.1, 0.15) is 24.9 Å². The fraction of sp³-hybridized carbons (Fsp3) is 0.500. The number of hydrogen-bond acceptors (Lipinski definition) is 4. The zero-order valence-electron chi connectivity index (χ0n) is 15.9. The number of amides is 1. The van der Waals surface area contributed by atoms with E-state index >= 15 is 0 Å². The molecule has 2 aliphatic heterocycles. The Labute approximate surface area is 159 Å². The predicted molar refractivity (Wildman–Crippen MR) is 102 cm³/mol. The molecule has 2 saturated heterocycles. The summed E-state index contributed by atoms with van der Waals surface area (Å²) in [6.45, 7) is 6.13. The van der Waals surface area contributed by atoms with Gasteiger partial charge in [-0.2, -0.15) is 5.10 Å². The Balaban J connectivity index is 1.37. The number of nitrogens with zero attached hydrogens (tertiary/aromatic N) is 5. The number of aryl methyl sites for hydroxylation is 1. The first-order valence-electron chi connectivity index (χ1n) is 9.57. The molecule has 2 fully saturated rings. The van der Waals surface area contributed by atoms with Gasteiger partial charge < -0.3 is 4.90 Å². The molecule has 0 bridgehead atoms. The smallest absolute Gasteiger partial charge is 0.244 e. The maximum atomic E-state index is 14.1. The van der Waals surface area contributed by atoms with Crippen molar-refractivity contribution < 1.29 is 9.18 Å². The van der Waals surface area contributed by atoms with Gasteiger partial charge in [0.15, 0.2) is 0 Å². The number of anilines is 1. The van der Waals surface area contributed by atoms with Gasteiger partial charge in [-0.1, -0.05) is 18.2 Å². The monoisotopic (exact) mass is 371 g/mol. The lowest BCUT2D eigenvalue weighted by Crippen LogP contribution is -2.53. The molecule has 7 heteroatoms. The van der Waals surface area contributed by atoms with Crippen molar-refractivity contribution in [2.24, 2.45) is 7.05 Å². The topological polar surface area (TPSA) is 44.6 Å². The van der Waals surface area contributed by atoms with Crippen LogP contribution >= 0.6 is 0 Å². The van der Waals surface area contributed by atoms with Gasteiger partial charge in [0.05, 0.1) is 17.9 Å². The van der Waals surface area contributed by atoms with Crippen LogP contribution in [0.3, 0.4) is 0 Å². The molecule has 2 aromatic rings. The van der Waals surface area contributed by atoms with Gasteiger partial charge in [-0.05, 0) is 19.4 Å². The van der Waals surface area contributed by atoms with Crippen LogP contribution in [-0.4, -0.2) is 64.3 Å². The van der Waals surface area contributed by atoms with E-state index in [1.165, 1.54) is 6.07 Å². The largest absolute Gasteiger partial charge is 0.308 e. The van der Waals surface area contributed by atoms with E-state index in [9.17, 15) is 9.18 Å². The minimum absolute atomic E-state index is 0.0412. The summed E-state index contributed by atoms with van der Waals surface area (Å²) in [6, 6.07) is 6.97. The summed E-state index contributed by atoms with van der Waals surface area (Å²) < 4.78 is 15.8. The first-order chi connectivity index (χ1) is 13.0. The molecule has 1 aromatic heterocycles. The Morgan fingerprint density at radius 3 is 2.56 bits per heavy atom. The third-order valence-electron chi connectivity index (χ3n) is 5.87. The lowest BCUT2D eigenvalue weighted by atomic mass is 10.0. The summed E-state index contributed by atoms with van der Waals surface area (Å²) in [5, 5.41) is 4.17. The SMILES string of the molecule is CC(c1ccccc1F)N1CCN(C2CCN(c3cnn(C)c3)C2=O)CC1. The summed E-state index contributed by atoms with van der Waals surface area (Å²) in [5.74, 6) is 0.0177. The van der Waals surface area contributed by atoms with Crippen LogP contribution in [0.2, 0.25) is 0 Å². The fourth-order valence-electron chi connectivity index (χ4n) is 4.25. The van der Waals surface area contributed by atoms with Crippen LogP contribution in [-0.2, 0) is 11.8 Å². The third kappa shape index (κ3) is 3.49. The molecule has 27 heavy (non-hydrogen) atoms. The second-order valence-electron chi connectivity index (χ2n) is 7.44. The number of carbonyl (C=O) groups is 1. The minimum Gasteiger partial charge on any atom is -0.308 e. The summed E-state index contributed by atoms with van der Waals surface area (Å²) in [7, 11) is 1.86. The highest BCUT2D eigenvalue weighted by Gasteiger charge is 2.38. The van der Waals surface area contributed by atoms with E-state index in [0.717, 1.165) is 50.4 Å². The Morgan fingerprint density at radius 1 is 1.15 bits per heavy atom. The van der Waals surface area contributed by atoms with Gasteiger partial charge in [0.2, 0.25) is 5.91 Å². The minimum atomic E-state index is -0.148. The molecule has 0 spiro atoms. The zero-order valence-corrected chi connectivity index (χ0v) is 15.9. The van der Waals surface area contributed by atoms with Crippen molar-refractivity contribution in [3.8, 4) is 0 Å². The highest BCUT2D eigenvalue weighted by molar-refractivity contribution is 5.99. The van der Waals surface area contributed by atoms with Crippen molar-refractivity contribution in [3.63, 3.8) is 0 Å². The molecule has 0 aliphatic carbocycles. The summed E-state index contributed by atoms with van der Waals surface area (Å²) in [5.41, 5.74) is 1.61. The number of piperazine rings is 1. The molecule has 0 radical (unpaired) electrons. The summed E-state index contributed by atoms with van der Waals surface area (Å²) in [6.07, 6.45) is 4.47. The van der Waals surface area contributed by atoms with E-state index in [2.05, 4.69) is 21.8 Å². The van der Waals surface area contributed by atoms with E-state index < -0.39 is 0 Å². The average molecular weight is 371 g/mol. The van der Waals surface area contributed by atoms with Crippen molar-refractivity contribution >= 4 is 11.6 Å². The van der Waals surface area contributed by atoms with Crippen LogP contribution < -0.4 is 4.90 Å². The zero-order chi connectivity index (χ0) is 19.0. The molecule has 4 rings (SSSR count). The summed E-state index contributed by atoms with van der Waals surface area (Å²) in [4.78, 5) is 19.3. The molecule has 2 unspecified atom stereocenters. The van der Waals surface area contributed by atoms with E-state index in [0.29, 0.717) is 0 Å². The lowest BCUT2D eigenvalue weighted by Gasteiger charge is -2.40. The lowest BCUT2D eigenvalue weighted by molar-refractivity contribution is -0.122. The van der Waals surface area contributed by atoms with E-state index in [1.807, 2.05) is 30.3 Å². The van der Waals surface area contributed by atoms with Crippen LogP contribution in [0.4, 0.5) is 10.1 Å². The number of aromatic nitrogens is 2. The standard InChI is InChI=1S/C20H26FN5O/c1-15(17-5-3-4-6-18(17)21)24-9-11-25(12-10-24)19-7-8-26(20(19)27)16-13-22-23(2)14-16/h3-6,13-15,19H,7-12H2,1-2H3. The second kappa shape index (κ2) is 7.40. The molecule has 1 amide bonds. The van der Waals surface area contributed by atoms with Gasteiger partial charge in [-0.3, -0.25) is 19.3 Å². The predicted octanol–water partition coefficient (Wildman–Crippen LogP) is 2.04. The van der Waals surface area contributed by atoms with Gasteiger partial charge in [0.1, 0.15) is 5.82 Å². The quantitative estimate of drug-likeness (QED) is 0.825. The van der Waals surface area contributed by atoms with Gasteiger partial charge in [0.25, 0.3) is 0 Å². The number of benzene rings is 1. The average Bonchev–Trinajstić information content (AvgIpc) is 3.27. The normalized spacial score (nSPS) is 23.1. The Kier molecular flexibility index (Phi) is 4.97. The highest BCUT2D eigenvalue weighted by Crippen LogP contribution is 2.27. The fourth-order valence-corrected chi connectivity index (χ4v) is 4.25. The van der Waals surface area contributed by atoms with E-state index in [-0.39, 0.29) is 23.8 Å². The Bertz CT molecular complexity index is 814. The summed E-state index contributed by atoms with van der Waals surface area (Å²) >= 11 is 0. The van der Waals surface area contributed by atoms with Crippen LogP contribution in [0.25, 0.3) is 0 Å². The van der Waals surface area contributed by atoms with Crippen LogP contribution in [0, 0.1) is 5.82 Å². The molecule has 0 saturated carbocycles. The maximum absolute atomic E-state index is 14.1. The van der Waals surface area contributed by atoms with Crippen molar-refractivity contribution in [2.45, 2.75) is 25.4 Å². The van der Waals surface area contributed by atoms with Gasteiger partial charge in [0, 0.05) is 57.6 Å². The number of hydrogen-bond donors (Lipinski definition) is 0. The number of rotatable bonds is 4. The van der Waals surface area contributed by atoms with Gasteiger partial charge in [-0.15, -0.1) is 0 Å². The molecular weight excluding hydrogens is 345 g/mol. The highest BCUT2D eigenvalue weighted by atomic mass is 19.1. The first kappa shape index (κ1) is 18.1. The van der Waals surface area contributed by atoms with Crippen LogP contribution in [0.15, 0.2) is 36.7 Å². The number of halogens is 1. The van der Waals surface area contributed by atoms with Crippen molar-refractivity contribution in [3.05, 3.63) is 48.0 Å². The third-order valence-corrected chi connectivity index (χ3v) is 5.87. The Morgan fingerprint density at radius 2 is 1.89 bits per heavy atom. The number of carbonyl (C=O) groups excluding carboxylic acids is 1. The molecule has 3 heterocycles. The molecular formula is C20H26FN5O. The van der Waals surface area contributed by atoms with Crippen molar-refractivity contribution in [1.29, 1.82) is 0 Å². The van der Waals surface area contributed by atoms with Crippen molar-refractivity contribution in [2.75, 3.05) is 37.6 Å². The van der Waals surface area contributed by atoms with Crippen LogP contribution in [0.5, 0.6) is 0 Å². The maximum Gasteiger partial charge on any atom is 0.244 e. The van der Waals surface area contributed by atoms with Gasteiger partial charge >= 0.3 is 0 Å². The first-order valence-corrected chi connectivity index (χ1v) is 9.57. The molecule has 2 aliphatic rings. The molecule has 2 atom stereocenters. The van der Waals surface area contributed by atoms with Crippen molar-refractivity contribution in [1.82, 2.24) is 19.6 Å².